The minimum atomic E-state index is -0.847. The number of imide groups is 1. The maximum atomic E-state index is 13.2. The Morgan fingerprint density at radius 3 is 2.12 bits per heavy atom. The summed E-state index contributed by atoms with van der Waals surface area (Å²) in [6.45, 7) is 0. The van der Waals surface area contributed by atoms with Crippen LogP contribution in [0, 0.1) is 11.8 Å². The molecular formula is C20H18N2O4. The molecule has 26 heavy (non-hydrogen) atoms. The van der Waals surface area contributed by atoms with Gasteiger partial charge in [0.05, 0.1) is 24.6 Å². The van der Waals surface area contributed by atoms with E-state index in [9.17, 15) is 14.4 Å². The summed E-state index contributed by atoms with van der Waals surface area (Å²) in [5, 5.41) is 3.15. The summed E-state index contributed by atoms with van der Waals surface area (Å²) in [5.74, 6) is -2.62. The van der Waals surface area contributed by atoms with Crippen LogP contribution >= 0.6 is 0 Å². The molecule has 1 N–H and O–H groups in total. The smallest absolute Gasteiger partial charge is 0.323 e. The van der Waals surface area contributed by atoms with E-state index < -0.39 is 29.9 Å². The van der Waals surface area contributed by atoms with E-state index in [0.29, 0.717) is 5.69 Å². The number of fused-ring (bicyclic) bond motifs is 1. The summed E-state index contributed by atoms with van der Waals surface area (Å²) < 4.78 is 4.87. The minimum absolute atomic E-state index is 0.293. The number of methoxy groups -OCH3 is 1. The zero-order valence-electron chi connectivity index (χ0n) is 14.2. The highest BCUT2D eigenvalue weighted by Crippen LogP contribution is 2.45. The van der Waals surface area contributed by atoms with Crippen molar-refractivity contribution in [2.75, 3.05) is 12.0 Å². The zero-order valence-corrected chi connectivity index (χ0v) is 14.2. The number of hydrogen-bond acceptors (Lipinski definition) is 5. The van der Waals surface area contributed by atoms with E-state index >= 15 is 0 Å². The highest BCUT2D eigenvalue weighted by atomic mass is 16.5. The average molecular weight is 350 g/mol. The first-order valence-electron chi connectivity index (χ1n) is 8.45. The molecule has 2 fully saturated rings. The van der Waals surface area contributed by atoms with E-state index in [1.54, 1.807) is 24.3 Å². The van der Waals surface area contributed by atoms with Crippen molar-refractivity contribution in [1.29, 1.82) is 0 Å². The van der Waals surface area contributed by atoms with Crippen LogP contribution in [0.3, 0.4) is 0 Å². The first kappa shape index (κ1) is 16.5. The number of benzene rings is 2. The topological polar surface area (TPSA) is 75.7 Å². The predicted octanol–water partition coefficient (Wildman–Crippen LogP) is 1.68. The highest BCUT2D eigenvalue weighted by molar-refractivity contribution is 6.23. The molecule has 0 spiro atoms. The lowest BCUT2D eigenvalue weighted by molar-refractivity contribution is -0.145. The second-order valence-corrected chi connectivity index (χ2v) is 6.45. The van der Waals surface area contributed by atoms with Gasteiger partial charge in [-0.05, 0) is 17.7 Å². The van der Waals surface area contributed by atoms with Crippen LogP contribution in [0.2, 0.25) is 0 Å². The van der Waals surface area contributed by atoms with Crippen molar-refractivity contribution in [2.45, 2.75) is 12.1 Å². The Kier molecular flexibility index (Phi) is 4.05. The lowest BCUT2D eigenvalue weighted by Crippen LogP contribution is -2.43. The molecule has 0 aliphatic carbocycles. The fraction of sp³-hybridized carbons (Fsp3) is 0.250. The van der Waals surface area contributed by atoms with E-state index in [-0.39, 0.29) is 11.8 Å². The second kappa shape index (κ2) is 6.38. The van der Waals surface area contributed by atoms with Gasteiger partial charge in [0.1, 0.15) is 6.04 Å². The monoisotopic (exact) mass is 350 g/mol. The van der Waals surface area contributed by atoms with E-state index in [1.165, 1.54) is 12.0 Å². The van der Waals surface area contributed by atoms with Crippen LogP contribution in [0.4, 0.5) is 5.69 Å². The van der Waals surface area contributed by atoms with Crippen LogP contribution in [0.5, 0.6) is 0 Å². The Morgan fingerprint density at radius 1 is 0.923 bits per heavy atom. The third-order valence-electron chi connectivity index (χ3n) is 5.10. The van der Waals surface area contributed by atoms with Crippen molar-refractivity contribution in [2.24, 2.45) is 11.8 Å². The van der Waals surface area contributed by atoms with Gasteiger partial charge in [0.25, 0.3) is 0 Å². The normalized spacial score (nSPS) is 27.5. The van der Waals surface area contributed by atoms with Crippen molar-refractivity contribution in [3.63, 3.8) is 0 Å². The number of para-hydroxylation sites is 1. The van der Waals surface area contributed by atoms with Crippen molar-refractivity contribution >= 4 is 23.5 Å². The molecule has 6 heteroatoms. The number of anilines is 1. The summed E-state index contributed by atoms with van der Waals surface area (Å²) in [7, 11) is 1.28. The molecule has 0 bridgehead atoms. The first-order chi connectivity index (χ1) is 12.6. The lowest BCUT2D eigenvalue weighted by atomic mass is 9.86. The Hall–Kier alpha value is -2.99. The maximum absolute atomic E-state index is 13.2. The van der Waals surface area contributed by atoms with Crippen molar-refractivity contribution in [1.82, 2.24) is 5.32 Å². The van der Waals surface area contributed by atoms with Crippen molar-refractivity contribution < 1.29 is 19.1 Å². The number of esters is 1. The second-order valence-electron chi connectivity index (χ2n) is 6.45. The standard InChI is InChI=1S/C20H18N2O4/c1-26-20(25)17-15-14(16(21-17)12-8-4-2-5-9-12)18(23)22(19(15)24)13-10-6-3-7-11-13/h2-11,14-17,21H,1H3/t14?,15-,16+,17+/m0/s1. The van der Waals surface area contributed by atoms with Crippen LogP contribution < -0.4 is 10.2 Å². The van der Waals surface area contributed by atoms with Crippen LogP contribution in [0.1, 0.15) is 11.6 Å². The molecule has 2 aliphatic rings. The quantitative estimate of drug-likeness (QED) is 0.673. The molecule has 132 valence electrons. The number of nitrogens with zero attached hydrogens (tertiary/aromatic N) is 1. The van der Waals surface area contributed by atoms with Crippen LogP contribution in [-0.2, 0) is 19.1 Å². The molecule has 6 nitrogen and oxygen atoms in total. The maximum Gasteiger partial charge on any atom is 0.323 e. The molecule has 2 aliphatic heterocycles. The van der Waals surface area contributed by atoms with Gasteiger partial charge in [-0.15, -0.1) is 0 Å². The van der Waals surface area contributed by atoms with E-state index in [1.807, 2.05) is 36.4 Å². The van der Waals surface area contributed by atoms with Crippen LogP contribution in [0.15, 0.2) is 60.7 Å². The van der Waals surface area contributed by atoms with Crippen LogP contribution in [0.25, 0.3) is 0 Å². The fourth-order valence-corrected chi connectivity index (χ4v) is 3.95. The van der Waals surface area contributed by atoms with Gasteiger partial charge in [-0.1, -0.05) is 48.5 Å². The third-order valence-corrected chi connectivity index (χ3v) is 5.10. The SMILES string of the molecule is COC(=O)[C@@H]1N[C@H](c2ccccc2)C2C(=O)N(c3ccccc3)C(=O)[C@@H]21. The Morgan fingerprint density at radius 2 is 1.50 bits per heavy atom. The summed E-state index contributed by atoms with van der Waals surface area (Å²) in [6, 6.07) is 16.9. The first-order valence-corrected chi connectivity index (χ1v) is 8.45. The molecule has 4 atom stereocenters. The average Bonchev–Trinajstić information content (AvgIpc) is 3.20. The van der Waals surface area contributed by atoms with Crippen LogP contribution in [-0.4, -0.2) is 30.9 Å². The largest absolute Gasteiger partial charge is 0.468 e. The molecule has 2 aromatic carbocycles. The Bertz CT molecular complexity index is 853. The highest BCUT2D eigenvalue weighted by Gasteiger charge is 2.61. The van der Waals surface area contributed by atoms with Gasteiger partial charge in [-0.3, -0.25) is 19.7 Å². The molecule has 0 aromatic heterocycles. The van der Waals surface area contributed by atoms with Gasteiger partial charge in [0.15, 0.2) is 0 Å². The molecular weight excluding hydrogens is 332 g/mol. The summed E-state index contributed by atoms with van der Waals surface area (Å²) in [5.41, 5.74) is 1.39. The molecule has 2 aromatic rings. The number of rotatable bonds is 3. The van der Waals surface area contributed by atoms with E-state index in [4.69, 9.17) is 4.74 Å². The molecule has 2 heterocycles. The van der Waals surface area contributed by atoms with Gasteiger partial charge in [-0.25, -0.2) is 4.90 Å². The molecule has 0 radical (unpaired) electrons. The Balaban J connectivity index is 1.78. The van der Waals surface area contributed by atoms with Gasteiger partial charge >= 0.3 is 5.97 Å². The number of amides is 2. The van der Waals surface area contributed by atoms with Gasteiger partial charge in [0, 0.05) is 6.04 Å². The molecule has 1 unspecified atom stereocenters. The van der Waals surface area contributed by atoms with Crippen molar-refractivity contribution in [3.05, 3.63) is 66.2 Å². The summed E-state index contributed by atoms with van der Waals surface area (Å²) in [6.07, 6.45) is 0. The fourth-order valence-electron chi connectivity index (χ4n) is 3.95. The number of hydrogen-bond donors (Lipinski definition) is 1. The number of ether oxygens (including phenoxy) is 1. The van der Waals surface area contributed by atoms with E-state index in [2.05, 4.69) is 5.32 Å². The molecule has 0 saturated carbocycles. The number of nitrogens with one attached hydrogen (secondary N) is 1. The molecule has 4 rings (SSSR count). The number of carbonyl (C=O) groups is 3. The van der Waals surface area contributed by atoms with E-state index in [0.717, 1.165) is 5.56 Å². The summed E-state index contributed by atoms with van der Waals surface area (Å²) >= 11 is 0. The molecule has 2 amide bonds. The molecule has 2 saturated heterocycles. The lowest BCUT2D eigenvalue weighted by Gasteiger charge is -2.21. The summed E-state index contributed by atoms with van der Waals surface area (Å²) in [4.78, 5) is 39.7. The minimum Gasteiger partial charge on any atom is -0.468 e. The zero-order chi connectivity index (χ0) is 18.3. The number of carbonyl (C=O) groups excluding carboxylic acids is 3. The van der Waals surface area contributed by atoms with Gasteiger partial charge in [-0.2, -0.15) is 0 Å². The van der Waals surface area contributed by atoms with Gasteiger partial charge in [0.2, 0.25) is 11.8 Å². The predicted molar refractivity (Wildman–Crippen MR) is 94.0 cm³/mol. The van der Waals surface area contributed by atoms with Crippen molar-refractivity contribution in [3.8, 4) is 0 Å². The third kappa shape index (κ3) is 2.42. The Labute approximate surface area is 150 Å². The van der Waals surface area contributed by atoms with Gasteiger partial charge < -0.3 is 4.74 Å².